The Bertz CT molecular complexity index is 492. The Labute approximate surface area is 122 Å². The Kier molecular flexibility index (Phi) is 4.47. The zero-order valence-corrected chi connectivity index (χ0v) is 12.1. The van der Waals surface area contributed by atoms with Crippen LogP contribution >= 0.6 is 0 Å². The molecule has 8 nitrogen and oxygen atoms in total. The van der Waals surface area contributed by atoms with Gasteiger partial charge in [0.2, 0.25) is 5.91 Å². The maximum Gasteiger partial charge on any atom is 0.248 e. The van der Waals surface area contributed by atoms with Gasteiger partial charge < -0.3 is 19.1 Å². The summed E-state index contributed by atoms with van der Waals surface area (Å²) in [5.74, 6) is -0.00228. The second-order valence-electron chi connectivity index (χ2n) is 5.26. The SMILES string of the molecule is COCCOCC(=O)N1CC[C@@H]2[C@@H](C1)OCc1cnnn12. The monoisotopic (exact) mass is 296 g/mol. The van der Waals surface area contributed by atoms with Gasteiger partial charge in [0.1, 0.15) is 6.61 Å². The van der Waals surface area contributed by atoms with Gasteiger partial charge in [0.15, 0.2) is 0 Å². The molecule has 0 N–H and O–H groups in total. The molecule has 0 aliphatic carbocycles. The first-order valence-electron chi connectivity index (χ1n) is 7.14. The predicted octanol–water partition coefficient (Wildman–Crippen LogP) is -0.387. The van der Waals surface area contributed by atoms with Crippen LogP contribution in [0, 0.1) is 0 Å². The van der Waals surface area contributed by atoms with Gasteiger partial charge >= 0.3 is 0 Å². The van der Waals surface area contributed by atoms with Crippen molar-refractivity contribution in [1.82, 2.24) is 19.9 Å². The van der Waals surface area contributed by atoms with E-state index in [9.17, 15) is 4.79 Å². The number of rotatable bonds is 5. The molecule has 0 saturated carbocycles. The highest BCUT2D eigenvalue weighted by Crippen LogP contribution is 2.30. The molecule has 8 heteroatoms. The number of hydrogen-bond donors (Lipinski definition) is 0. The zero-order chi connectivity index (χ0) is 14.7. The number of ether oxygens (including phenoxy) is 3. The molecule has 0 unspecified atom stereocenters. The molecule has 2 atom stereocenters. The van der Waals surface area contributed by atoms with Crippen LogP contribution in [-0.4, -0.2) is 71.9 Å². The van der Waals surface area contributed by atoms with Crippen LogP contribution in [0.25, 0.3) is 0 Å². The number of methoxy groups -OCH3 is 1. The summed E-state index contributed by atoms with van der Waals surface area (Å²) in [4.78, 5) is 13.9. The number of hydrogen-bond acceptors (Lipinski definition) is 6. The van der Waals surface area contributed by atoms with Crippen molar-refractivity contribution >= 4 is 5.91 Å². The molecule has 3 heterocycles. The number of carbonyl (C=O) groups is 1. The molecule has 0 aromatic carbocycles. The van der Waals surface area contributed by atoms with Gasteiger partial charge in [0, 0.05) is 20.2 Å². The minimum absolute atomic E-state index is 0.00228. The van der Waals surface area contributed by atoms with E-state index < -0.39 is 0 Å². The molecule has 21 heavy (non-hydrogen) atoms. The van der Waals surface area contributed by atoms with Crippen LogP contribution in [0.5, 0.6) is 0 Å². The summed E-state index contributed by atoms with van der Waals surface area (Å²) in [5.41, 5.74) is 0.999. The molecule has 116 valence electrons. The van der Waals surface area contributed by atoms with E-state index in [0.29, 0.717) is 32.9 Å². The fourth-order valence-corrected chi connectivity index (χ4v) is 2.81. The lowest BCUT2D eigenvalue weighted by atomic mass is 10.00. The van der Waals surface area contributed by atoms with E-state index in [2.05, 4.69) is 10.3 Å². The Morgan fingerprint density at radius 2 is 2.43 bits per heavy atom. The highest BCUT2D eigenvalue weighted by atomic mass is 16.5. The van der Waals surface area contributed by atoms with E-state index in [1.807, 2.05) is 4.68 Å². The molecule has 2 aliphatic heterocycles. The molecule has 1 aromatic heterocycles. The Balaban J connectivity index is 1.53. The van der Waals surface area contributed by atoms with Gasteiger partial charge in [-0.2, -0.15) is 0 Å². The van der Waals surface area contributed by atoms with E-state index >= 15 is 0 Å². The Morgan fingerprint density at radius 3 is 3.29 bits per heavy atom. The normalized spacial score (nSPS) is 24.5. The van der Waals surface area contributed by atoms with Gasteiger partial charge in [-0.3, -0.25) is 4.79 Å². The summed E-state index contributed by atoms with van der Waals surface area (Å²) in [6, 6.07) is 0.176. The number of amides is 1. The van der Waals surface area contributed by atoms with Gasteiger partial charge in [-0.1, -0.05) is 5.21 Å². The first kappa shape index (κ1) is 14.4. The summed E-state index contributed by atoms with van der Waals surface area (Å²) >= 11 is 0. The van der Waals surface area contributed by atoms with E-state index in [-0.39, 0.29) is 24.7 Å². The Morgan fingerprint density at radius 1 is 1.52 bits per heavy atom. The topological polar surface area (TPSA) is 78.7 Å². The molecule has 1 aromatic rings. The molecule has 0 radical (unpaired) electrons. The van der Waals surface area contributed by atoms with Crippen molar-refractivity contribution in [3.05, 3.63) is 11.9 Å². The summed E-state index contributed by atoms with van der Waals surface area (Å²) in [6.07, 6.45) is 2.54. The first-order valence-corrected chi connectivity index (χ1v) is 7.14. The average Bonchev–Trinajstić information content (AvgIpc) is 2.99. The number of aromatic nitrogens is 3. The maximum atomic E-state index is 12.1. The van der Waals surface area contributed by atoms with Crippen molar-refractivity contribution < 1.29 is 19.0 Å². The molecule has 1 amide bonds. The highest BCUT2D eigenvalue weighted by molar-refractivity contribution is 5.77. The van der Waals surface area contributed by atoms with Crippen LogP contribution < -0.4 is 0 Å². The van der Waals surface area contributed by atoms with Gasteiger partial charge in [0.25, 0.3) is 0 Å². The van der Waals surface area contributed by atoms with E-state index in [0.717, 1.165) is 12.1 Å². The van der Waals surface area contributed by atoms with Crippen LogP contribution in [0.4, 0.5) is 0 Å². The molecular weight excluding hydrogens is 276 g/mol. The lowest BCUT2D eigenvalue weighted by molar-refractivity contribution is -0.144. The molecule has 0 spiro atoms. The predicted molar refractivity (Wildman–Crippen MR) is 71.5 cm³/mol. The minimum Gasteiger partial charge on any atom is -0.382 e. The van der Waals surface area contributed by atoms with Crippen LogP contribution in [-0.2, 0) is 25.6 Å². The van der Waals surface area contributed by atoms with Gasteiger partial charge in [0.05, 0.1) is 43.9 Å². The average molecular weight is 296 g/mol. The van der Waals surface area contributed by atoms with Crippen LogP contribution in [0.1, 0.15) is 18.2 Å². The zero-order valence-electron chi connectivity index (χ0n) is 12.1. The van der Waals surface area contributed by atoms with Crippen molar-refractivity contribution in [3.8, 4) is 0 Å². The summed E-state index contributed by atoms with van der Waals surface area (Å²) in [7, 11) is 1.61. The molecule has 2 aliphatic rings. The van der Waals surface area contributed by atoms with Crippen molar-refractivity contribution in [2.45, 2.75) is 25.2 Å². The van der Waals surface area contributed by atoms with E-state index in [1.165, 1.54) is 0 Å². The lowest BCUT2D eigenvalue weighted by Gasteiger charge is -2.40. The van der Waals surface area contributed by atoms with Crippen LogP contribution in [0.2, 0.25) is 0 Å². The molecule has 0 bridgehead atoms. The van der Waals surface area contributed by atoms with Gasteiger partial charge in [-0.25, -0.2) is 4.68 Å². The fourth-order valence-electron chi connectivity index (χ4n) is 2.81. The first-order chi connectivity index (χ1) is 10.3. The lowest BCUT2D eigenvalue weighted by Crippen LogP contribution is -2.51. The number of nitrogens with zero attached hydrogens (tertiary/aromatic N) is 4. The smallest absolute Gasteiger partial charge is 0.248 e. The highest BCUT2D eigenvalue weighted by Gasteiger charge is 2.37. The molecule has 1 fully saturated rings. The number of likely N-dealkylation sites (tertiary alicyclic amines) is 1. The van der Waals surface area contributed by atoms with Crippen molar-refractivity contribution in [3.63, 3.8) is 0 Å². The fraction of sp³-hybridized carbons (Fsp3) is 0.769. The van der Waals surface area contributed by atoms with Crippen molar-refractivity contribution in [2.75, 3.05) is 40.0 Å². The Hall–Kier alpha value is -1.51. The minimum atomic E-state index is -0.0177. The third kappa shape index (κ3) is 3.07. The second-order valence-corrected chi connectivity index (χ2v) is 5.26. The largest absolute Gasteiger partial charge is 0.382 e. The summed E-state index contributed by atoms with van der Waals surface area (Å²) in [5, 5.41) is 8.05. The van der Waals surface area contributed by atoms with Crippen LogP contribution in [0.15, 0.2) is 6.20 Å². The molecular formula is C13H20N4O4. The number of piperidine rings is 1. The van der Waals surface area contributed by atoms with Crippen molar-refractivity contribution in [1.29, 1.82) is 0 Å². The molecule has 1 saturated heterocycles. The van der Waals surface area contributed by atoms with E-state index in [4.69, 9.17) is 14.2 Å². The van der Waals surface area contributed by atoms with E-state index in [1.54, 1.807) is 18.2 Å². The third-order valence-corrected chi connectivity index (χ3v) is 3.94. The second kappa shape index (κ2) is 6.50. The molecule has 3 rings (SSSR count). The van der Waals surface area contributed by atoms with Gasteiger partial charge in [-0.15, -0.1) is 5.10 Å². The van der Waals surface area contributed by atoms with Crippen LogP contribution in [0.3, 0.4) is 0 Å². The third-order valence-electron chi connectivity index (χ3n) is 3.94. The maximum absolute atomic E-state index is 12.1. The van der Waals surface area contributed by atoms with Crippen molar-refractivity contribution in [2.24, 2.45) is 0 Å². The number of carbonyl (C=O) groups excluding carboxylic acids is 1. The quantitative estimate of drug-likeness (QED) is 0.689. The summed E-state index contributed by atoms with van der Waals surface area (Å²) < 4.78 is 17.9. The summed E-state index contributed by atoms with van der Waals surface area (Å²) in [6.45, 7) is 2.79. The standard InChI is InChI=1S/C13H20N4O4/c1-19-4-5-20-9-13(18)16-3-2-11-12(7-16)21-8-10-6-14-15-17(10)11/h6,11-12H,2-5,7-9H2,1H3/t11-,12-/m1/s1. The van der Waals surface area contributed by atoms with Gasteiger partial charge in [-0.05, 0) is 6.42 Å². The number of fused-ring (bicyclic) bond motifs is 3.